The van der Waals surface area contributed by atoms with Gasteiger partial charge < -0.3 is 19.5 Å². The van der Waals surface area contributed by atoms with Gasteiger partial charge in [-0.15, -0.1) is 0 Å². The lowest BCUT2D eigenvalue weighted by Crippen LogP contribution is -2.54. The molecule has 2 unspecified atom stereocenters. The second kappa shape index (κ2) is 27.4. The van der Waals surface area contributed by atoms with Crippen molar-refractivity contribution in [3.8, 4) is 0 Å². The molecule has 1 aromatic rings. The number of nitrogens with one attached hydrogen (secondary N) is 2. The summed E-state index contributed by atoms with van der Waals surface area (Å²) in [5.74, 6) is -0.464. The molecule has 2 N–H and O–H groups in total. The Labute approximate surface area is 264 Å². The topological polar surface area (TPSA) is 68.8 Å². The number of benzene rings is 1. The van der Waals surface area contributed by atoms with Gasteiger partial charge in [-0.1, -0.05) is 107 Å². The smallest absolute Gasteiger partial charge is 0.382 e. The fourth-order valence-corrected chi connectivity index (χ4v) is 4.91. The van der Waals surface area contributed by atoms with E-state index < -0.39 is 24.2 Å². The maximum Gasteiger partial charge on any atom is 0.403 e. The van der Waals surface area contributed by atoms with Gasteiger partial charge >= 0.3 is 6.18 Å². The number of alkyl halides is 3. The number of unbranched alkanes of at least 4 members (excludes halogenated alkanes) is 11. The minimum atomic E-state index is -4.44. The molecule has 0 heterocycles. The number of hydrogen-bond acceptors (Lipinski definition) is 5. The number of halogens is 3. The minimum absolute atomic E-state index is 0.0443. The summed E-state index contributed by atoms with van der Waals surface area (Å²) in [6, 6.07) is 6.38. The van der Waals surface area contributed by atoms with Crippen LogP contribution in [0.25, 0.3) is 0 Å². The molecule has 1 amide bonds. The number of ether oxygens (including phenoxy) is 3. The van der Waals surface area contributed by atoms with Crippen LogP contribution in [0.1, 0.15) is 102 Å². The maximum absolute atomic E-state index is 14.0. The molecule has 0 aliphatic carbocycles. The van der Waals surface area contributed by atoms with Crippen LogP contribution in [0.4, 0.5) is 13.2 Å². The van der Waals surface area contributed by atoms with Gasteiger partial charge in [0.05, 0.1) is 39.1 Å². The molecule has 0 aromatic heterocycles. The average molecular weight is 629 g/mol. The Hall–Kier alpha value is -1.94. The van der Waals surface area contributed by atoms with Crippen molar-refractivity contribution in [3.63, 3.8) is 0 Å². The SMILES string of the molecule is CCCCCC/C=C\CCCCCCCCCC(NC(Cc1ccccc1)C(=O)NCCOCCOCCOC)C(F)(F)F. The van der Waals surface area contributed by atoms with Gasteiger partial charge in [-0.25, -0.2) is 0 Å². The Morgan fingerprint density at radius 2 is 1.36 bits per heavy atom. The number of carbonyl (C=O) groups excluding carboxylic acids is 1. The van der Waals surface area contributed by atoms with E-state index in [1.807, 2.05) is 30.3 Å². The van der Waals surface area contributed by atoms with E-state index in [2.05, 4.69) is 29.7 Å². The number of methoxy groups -OCH3 is 1. The quantitative estimate of drug-likeness (QED) is 0.0696. The molecule has 0 bridgehead atoms. The summed E-state index contributed by atoms with van der Waals surface area (Å²) >= 11 is 0. The van der Waals surface area contributed by atoms with E-state index in [4.69, 9.17) is 14.2 Å². The summed E-state index contributed by atoms with van der Waals surface area (Å²) in [6.45, 7) is 4.41. The van der Waals surface area contributed by atoms with E-state index in [0.717, 1.165) is 44.1 Å². The summed E-state index contributed by atoms with van der Waals surface area (Å²) < 4.78 is 57.8. The van der Waals surface area contributed by atoms with Crippen LogP contribution >= 0.6 is 0 Å². The van der Waals surface area contributed by atoms with Crippen LogP contribution in [-0.4, -0.2) is 70.9 Å². The lowest BCUT2D eigenvalue weighted by molar-refractivity contribution is -0.160. The van der Waals surface area contributed by atoms with Gasteiger partial charge in [-0.2, -0.15) is 13.2 Å². The molecule has 1 rings (SSSR count). The first-order valence-corrected chi connectivity index (χ1v) is 16.8. The summed E-state index contributed by atoms with van der Waals surface area (Å²) in [6.07, 6.45) is 14.4. The number of allylic oxidation sites excluding steroid dienone is 2. The second-order valence-corrected chi connectivity index (χ2v) is 11.4. The average Bonchev–Trinajstić information content (AvgIpc) is 3.00. The van der Waals surface area contributed by atoms with Gasteiger partial charge in [-0.3, -0.25) is 10.1 Å². The molecule has 0 radical (unpaired) electrons. The van der Waals surface area contributed by atoms with Crippen molar-refractivity contribution in [2.75, 3.05) is 46.7 Å². The molecular formula is C35H59F3N2O4. The monoisotopic (exact) mass is 628 g/mol. The summed E-state index contributed by atoms with van der Waals surface area (Å²) in [5, 5.41) is 5.39. The third kappa shape index (κ3) is 22.6. The summed E-state index contributed by atoms with van der Waals surface area (Å²) in [7, 11) is 1.60. The third-order valence-corrected chi connectivity index (χ3v) is 7.50. The maximum atomic E-state index is 14.0. The zero-order chi connectivity index (χ0) is 32.1. The normalized spacial score (nSPS) is 13.4. The van der Waals surface area contributed by atoms with Crippen molar-refractivity contribution in [2.24, 2.45) is 0 Å². The van der Waals surface area contributed by atoms with Crippen molar-refractivity contribution < 1.29 is 32.2 Å². The molecule has 44 heavy (non-hydrogen) atoms. The molecule has 0 fully saturated rings. The summed E-state index contributed by atoms with van der Waals surface area (Å²) in [5.41, 5.74) is 0.799. The number of amides is 1. The van der Waals surface area contributed by atoms with Crippen molar-refractivity contribution in [1.29, 1.82) is 0 Å². The Morgan fingerprint density at radius 3 is 1.98 bits per heavy atom. The molecule has 0 saturated carbocycles. The Kier molecular flexibility index (Phi) is 24.9. The first-order chi connectivity index (χ1) is 21.4. The lowest BCUT2D eigenvalue weighted by atomic mass is 10.0. The van der Waals surface area contributed by atoms with E-state index in [1.165, 1.54) is 38.5 Å². The highest BCUT2D eigenvalue weighted by Gasteiger charge is 2.41. The van der Waals surface area contributed by atoms with E-state index >= 15 is 0 Å². The number of carbonyl (C=O) groups is 1. The second-order valence-electron chi connectivity index (χ2n) is 11.4. The Balaban J connectivity index is 2.40. The first-order valence-electron chi connectivity index (χ1n) is 16.8. The predicted octanol–water partition coefficient (Wildman–Crippen LogP) is 7.95. The van der Waals surface area contributed by atoms with Crippen LogP contribution in [0.5, 0.6) is 0 Å². The van der Waals surface area contributed by atoms with Gasteiger partial charge in [0.15, 0.2) is 0 Å². The third-order valence-electron chi connectivity index (χ3n) is 7.50. The zero-order valence-corrected chi connectivity index (χ0v) is 27.3. The summed E-state index contributed by atoms with van der Waals surface area (Å²) in [4.78, 5) is 13.0. The fourth-order valence-electron chi connectivity index (χ4n) is 4.91. The lowest BCUT2D eigenvalue weighted by Gasteiger charge is -2.27. The number of hydrogen-bond donors (Lipinski definition) is 2. The molecule has 0 aliphatic heterocycles. The van der Waals surface area contributed by atoms with Crippen molar-refractivity contribution in [1.82, 2.24) is 10.6 Å². The molecule has 0 saturated heterocycles. The Morgan fingerprint density at radius 1 is 0.795 bits per heavy atom. The minimum Gasteiger partial charge on any atom is -0.382 e. The van der Waals surface area contributed by atoms with Gasteiger partial charge in [0.2, 0.25) is 5.91 Å². The molecule has 0 spiro atoms. The highest BCUT2D eigenvalue weighted by Crippen LogP contribution is 2.25. The molecule has 1 aromatic carbocycles. The van der Waals surface area contributed by atoms with Crippen LogP contribution in [0.15, 0.2) is 42.5 Å². The molecule has 254 valence electrons. The molecule has 9 heteroatoms. The first kappa shape index (κ1) is 40.1. The molecule has 6 nitrogen and oxygen atoms in total. The van der Waals surface area contributed by atoms with Crippen LogP contribution in [0.2, 0.25) is 0 Å². The van der Waals surface area contributed by atoms with Crippen molar-refractivity contribution in [3.05, 3.63) is 48.0 Å². The van der Waals surface area contributed by atoms with Crippen LogP contribution in [0, 0.1) is 0 Å². The zero-order valence-electron chi connectivity index (χ0n) is 27.3. The van der Waals surface area contributed by atoms with Crippen LogP contribution < -0.4 is 10.6 Å². The highest BCUT2D eigenvalue weighted by molar-refractivity contribution is 5.82. The number of rotatable bonds is 29. The highest BCUT2D eigenvalue weighted by atomic mass is 19.4. The molecule has 0 aliphatic rings. The molecular weight excluding hydrogens is 569 g/mol. The van der Waals surface area contributed by atoms with Gasteiger partial charge in [0.1, 0.15) is 6.04 Å². The van der Waals surface area contributed by atoms with E-state index in [0.29, 0.717) is 32.8 Å². The van der Waals surface area contributed by atoms with Gasteiger partial charge in [0, 0.05) is 13.7 Å². The van der Waals surface area contributed by atoms with Crippen molar-refractivity contribution in [2.45, 2.75) is 121 Å². The largest absolute Gasteiger partial charge is 0.403 e. The van der Waals surface area contributed by atoms with Crippen LogP contribution in [0.3, 0.4) is 0 Å². The van der Waals surface area contributed by atoms with Crippen LogP contribution in [-0.2, 0) is 25.4 Å². The van der Waals surface area contributed by atoms with Crippen molar-refractivity contribution >= 4 is 5.91 Å². The van der Waals surface area contributed by atoms with E-state index in [-0.39, 0.29) is 26.0 Å². The van der Waals surface area contributed by atoms with E-state index in [1.54, 1.807) is 7.11 Å². The fraction of sp³-hybridized carbons (Fsp3) is 0.743. The van der Waals surface area contributed by atoms with Gasteiger partial charge in [0.25, 0.3) is 0 Å². The Bertz CT molecular complexity index is 824. The predicted molar refractivity (Wildman–Crippen MR) is 173 cm³/mol. The van der Waals surface area contributed by atoms with Gasteiger partial charge in [-0.05, 0) is 44.1 Å². The standard InChI is InChI=1S/C35H59F3N2O4/c1-3-4-5-6-7-8-9-10-11-12-13-14-15-16-20-23-33(35(36,37)38)40-32(30-31-21-18-17-19-22-31)34(41)39-24-25-43-28-29-44-27-26-42-2/h8-9,17-19,21-22,32-33,40H,3-7,10-16,20,23-30H2,1-2H3,(H,39,41)/b9-8-. The van der Waals surface area contributed by atoms with E-state index in [9.17, 15) is 18.0 Å². The molecule has 2 atom stereocenters.